The number of hydrogen-bond donors (Lipinski definition) is 1. The van der Waals surface area contributed by atoms with Crippen molar-refractivity contribution in [3.8, 4) is 5.69 Å². The molecule has 6 heteroatoms. The Bertz CT molecular complexity index is 623. The predicted octanol–water partition coefficient (Wildman–Crippen LogP) is 2.32. The van der Waals surface area contributed by atoms with E-state index in [0.717, 1.165) is 0 Å². The van der Waals surface area contributed by atoms with Gasteiger partial charge in [-0.1, -0.05) is 12.1 Å². The normalized spacial score (nSPS) is 12.2. The van der Waals surface area contributed by atoms with E-state index in [9.17, 15) is 9.18 Å². The second-order valence-electron chi connectivity index (χ2n) is 4.22. The lowest BCUT2D eigenvalue weighted by Gasteiger charge is -2.05. The van der Waals surface area contributed by atoms with E-state index in [0.29, 0.717) is 16.9 Å². The van der Waals surface area contributed by atoms with Crippen LogP contribution in [0.1, 0.15) is 34.9 Å². The molecule has 0 spiro atoms. The standard InChI is InChI=1S/C14H15FN2O3/c1-3-20-14(19)12-8-17(16-9(12)2)11-6-4-5-10(7-11)13(15)18/h4-8,13,18H,3H2,1-2H3. The number of ether oxygens (including phenoxy) is 1. The number of nitrogens with zero attached hydrogens (tertiary/aromatic N) is 2. The molecule has 2 aromatic rings. The first-order chi connectivity index (χ1) is 9.52. The summed E-state index contributed by atoms with van der Waals surface area (Å²) in [5, 5.41) is 13.1. The second-order valence-corrected chi connectivity index (χ2v) is 4.22. The number of rotatable bonds is 4. The van der Waals surface area contributed by atoms with Gasteiger partial charge >= 0.3 is 5.97 Å². The summed E-state index contributed by atoms with van der Waals surface area (Å²) in [5.74, 6) is -0.446. The van der Waals surface area contributed by atoms with Crippen molar-refractivity contribution in [2.24, 2.45) is 0 Å². The molecule has 0 bridgehead atoms. The number of aliphatic hydroxyl groups excluding tert-OH is 1. The van der Waals surface area contributed by atoms with Crippen LogP contribution < -0.4 is 0 Å². The lowest BCUT2D eigenvalue weighted by Crippen LogP contribution is -2.04. The molecule has 0 amide bonds. The molecule has 2 rings (SSSR count). The third-order valence-electron chi connectivity index (χ3n) is 2.80. The van der Waals surface area contributed by atoms with Gasteiger partial charge < -0.3 is 9.84 Å². The lowest BCUT2D eigenvalue weighted by atomic mass is 10.2. The van der Waals surface area contributed by atoms with E-state index in [2.05, 4.69) is 5.10 Å². The number of esters is 1. The molecule has 0 saturated carbocycles. The van der Waals surface area contributed by atoms with Gasteiger partial charge in [-0.2, -0.15) is 5.10 Å². The number of aliphatic hydroxyl groups is 1. The smallest absolute Gasteiger partial charge is 0.341 e. The Balaban J connectivity index is 2.37. The van der Waals surface area contributed by atoms with Gasteiger partial charge in [-0.25, -0.2) is 13.9 Å². The van der Waals surface area contributed by atoms with Crippen LogP contribution in [0.2, 0.25) is 0 Å². The number of aromatic nitrogens is 2. The van der Waals surface area contributed by atoms with Crippen molar-refractivity contribution in [3.05, 3.63) is 47.3 Å². The Morgan fingerprint density at radius 3 is 2.95 bits per heavy atom. The van der Waals surface area contributed by atoms with Crippen LogP contribution in [-0.2, 0) is 4.74 Å². The Morgan fingerprint density at radius 1 is 1.55 bits per heavy atom. The number of hydrogen-bond acceptors (Lipinski definition) is 4. The van der Waals surface area contributed by atoms with E-state index in [1.807, 2.05) is 0 Å². The van der Waals surface area contributed by atoms with Crippen LogP contribution in [0.5, 0.6) is 0 Å². The molecular formula is C14H15FN2O3. The summed E-state index contributed by atoms with van der Waals surface area (Å²) in [6, 6.07) is 6.24. The van der Waals surface area contributed by atoms with E-state index in [1.165, 1.54) is 23.0 Å². The number of halogens is 1. The van der Waals surface area contributed by atoms with E-state index in [1.54, 1.807) is 26.0 Å². The topological polar surface area (TPSA) is 64.3 Å². The second kappa shape index (κ2) is 5.83. The molecule has 0 saturated heterocycles. The van der Waals surface area contributed by atoms with Crippen molar-refractivity contribution in [3.63, 3.8) is 0 Å². The monoisotopic (exact) mass is 278 g/mol. The lowest BCUT2D eigenvalue weighted by molar-refractivity contribution is 0.0410. The number of carbonyl (C=O) groups excluding carboxylic acids is 1. The summed E-state index contributed by atoms with van der Waals surface area (Å²) in [4.78, 5) is 11.7. The van der Waals surface area contributed by atoms with E-state index >= 15 is 0 Å². The van der Waals surface area contributed by atoms with Crippen LogP contribution in [0.3, 0.4) is 0 Å². The zero-order valence-electron chi connectivity index (χ0n) is 11.2. The van der Waals surface area contributed by atoms with Gasteiger partial charge in [0.05, 0.1) is 18.0 Å². The minimum absolute atomic E-state index is 0.133. The van der Waals surface area contributed by atoms with Crippen LogP contribution >= 0.6 is 0 Å². The maximum Gasteiger partial charge on any atom is 0.341 e. The molecular weight excluding hydrogens is 263 g/mol. The van der Waals surface area contributed by atoms with Crippen molar-refractivity contribution >= 4 is 5.97 Å². The molecule has 0 fully saturated rings. The SMILES string of the molecule is CCOC(=O)c1cn(-c2cccc(C(O)F)c2)nc1C. The molecule has 1 aromatic carbocycles. The zero-order chi connectivity index (χ0) is 14.7. The van der Waals surface area contributed by atoms with Gasteiger partial charge in [0, 0.05) is 11.8 Å². The van der Waals surface area contributed by atoms with E-state index in [-0.39, 0.29) is 12.2 Å². The third kappa shape index (κ3) is 2.85. The molecule has 1 atom stereocenters. The maximum absolute atomic E-state index is 12.9. The van der Waals surface area contributed by atoms with Gasteiger partial charge in [-0.15, -0.1) is 0 Å². The van der Waals surface area contributed by atoms with Crippen LogP contribution in [0.4, 0.5) is 4.39 Å². The summed E-state index contributed by atoms with van der Waals surface area (Å²) >= 11 is 0. The quantitative estimate of drug-likeness (QED) is 0.872. The number of alkyl halides is 1. The molecule has 0 aliphatic rings. The highest BCUT2D eigenvalue weighted by Crippen LogP contribution is 2.19. The maximum atomic E-state index is 12.9. The first-order valence-corrected chi connectivity index (χ1v) is 6.18. The van der Waals surface area contributed by atoms with Gasteiger partial charge in [-0.05, 0) is 26.0 Å². The van der Waals surface area contributed by atoms with Crippen molar-refractivity contribution in [1.29, 1.82) is 0 Å². The summed E-state index contributed by atoms with van der Waals surface area (Å²) in [6.07, 6.45) is -0.520. The van der Waals surface area contributed by atoms with Crippen molar-refractivity contribution < 1.29 is 19.0 Å². The minimum Gasteiger partial charge on any atom is -0.462 e. The van der Waals surface area contributed by atoms with Crippen LogP contribution in [0.25, 0.3) is 5.69 Å². The molecule has 20 heavy (non-hydrogen) atoms. The van der Waals surface area contributed by atoms with Gasteiger partial charge in [0.1, 0.15) is 5.56 Å². The molecule has 0 radical (unpaired) electrons. The van der Waals surface area contributed by atoms with Crippen molar-refractivity contribution in [2.45, 2.75) is 20.2 Å². The average molecular weight is 278 g/mol. The molecule has 0 aliphatic carbocycles. The fourth-order valence-electron chi connectivity index (χ4n) is 1.82. The summed E-state index contributed by atoms with van der Waals surface area (Å²) in [5.41, 5.74) is 1.57. The zero-order valence-corrected chi connectivity index (χ0v) is 11.2. The molecule has 5 nitrogen and oxygen atoms in total. The fraction of sp³-hybridized carbons (Fsp3) is 0.286. The summed E-state index contributed by atoms with van der Waals surface area (Å²) in [7, 11) is 0. The van der Waals surface area contributed by atoms with Crippen molar-refractivity contribution in [1.82, 2.24) is 9.78 Å². The molecule has 106 valence electrons. The summed E-state index contributed by atoms with van der Waals surface area (Å²) in [6.45, 7) is 3.70. The molecule has 0 aliphatic heterocycles. The average Bonchev–Trinajstić information content (AvgIpc) is 2.81. The molecule has 1 heterocycles. The number of aryl methyl sites for hydroxylation is 1. The number of carbonyl (C=O) groups is 1. The van der Waals surface area contributed by atoms with Crippen LogP contribution in [0, 0.1) is 6.92 Å². The fourth-order valence-corrected chi connectivity index (χ4v) is 1.82. The Labute approximate surface area is 115 Å². The van der Waals surface area contributed by atoms with Gasteiger partial charge in [0.25, 0.3) is 0 Å². The van der Waals surface area contributed by atoms with Crippen LogP contribution in [-0.4, -0.2) is 27.5 Å². The Morgan fingerprint density at radius 2 is 2.30 bits per heavy atom. The van der Waals surface area contributed by atoms with Gasteiger partial charge in [0.15, 0.2) is 0 Å². The van der Waals surface area contributed by atoms with E-state index in [4.69, 9.17) is 9.84 Å². The largest absolute Gasteiger partial charge is 0.462 e. The van der Waals surface area contributed by atoms with Crippen molar-refractivity contribution in [2.75, 3.05) is 6.61 Å². The van der Waals surface area contributed by atoms with E-state index < -0.39 is 12.3 Å². The number of benzene rings is 1. The van der Waals surface area contributed by atoms with Crippen LogP contribution in [0.15, 0.2) is 30.5 Å². The first kappa shape index (κ1) is 14.2. The molecule has 1 N–H and O–H groups in total. The highest BCUT2D eigenvalue weighted by molar-refractivity contribution is 5.90. The van der Waals surface area contributed by atoms with Gasteiger partial charge in [0.2, 0.25) is 6.36 Å². The minimum atomic E-state index is -2.05. The third-order valence-corrected chi connectivity index (χ3v) is 2.80. The Kier molecular flexibility index (Phi) is 4.14. The highest BCUT2D eigenvalue weighted by Gasteiger charge is 2.15. The Hall–Kier alpha value is -2.21. The highest BCUT2D eigenvalue weighted by atomic mass is 19.1. The molecule has 1 aromatic heterocycles. The van der Waals surface area contributed by atoms with Gasteiger partial charge in [-0.3, -0.25) is 0 Å². The first-order valence-electron chi connectivity index (χ1n) is 6.18. The predicted molar refractivity (Wildman–Crippen MR) is 70.3 cm³/mol. The molecule has 1 unspecified atom stereocenters. The summed E-state index contributed by atoms with van der Waals surface area (Å²) < 4.78 is 19.3.